The molecule has 0 aliphatic heterocycles. The molecule has 0 fully saturated rings. The first kappa shape index (κ1) is 8.61. The lowest BCUT2D eigenvalue weighted by Crippen LogP contribution is -1.91. The zero-order chi connectivity index (χ0) is 10.3. The van der Waals surface area contributed by atoms with E-state index in [0.717, 1.165) is 12.1 Å². The summed E-state index contributed by atoms with van der Waals surface area (Å²) in [6.45, 7) is 1.64. The number of hydrogen-bond acceptors (Lipinski definition) is 4. The van der Waals surface area contributed by atoms with Crippen LogP contribution in [0.3, 0.4) is 0 Å². The van der Waals surface area contributed by atoms with Gasteiger partial charge in [0.05, 0.1) is 16.7 Å². The Hall–Kier alpha value is -1.98. The summed E-state index contributed by atoms with van der Waals surface area (Å²) in [7, 11) is 0. The van der Waals surface area contributed by atoms with E-state index < -0.39 is 16.4 Å². The van der Waals surface area contributed by atoms with Crippen LogP contribution in [0.4, 0.5) is 10.1 Å². The van der Waals surface area contributed by atoms with Crippen LogP contribution in [0.25, 0.3) is 11.0 Å². The normalized spacial score (nSPS) is 10.7. The second-order valence-corrected chi connectivity index (χ2v) is 2.82. The number of halogens is 1. The van der Waals surface area contributed by atoms with E-state index in [1.54, 1.807) is 6.92 Å². The van der Waals surface area contributed by atoms with Crippen LogP contribution >= 0.6 is 0 Å². The highest BCUT2D eigenvalue weighted by Crippen LogP contribution is 2.26. The van der Waals surface area contributed by atoms with Gasteiger partial charge in [0, 0.05) is 5.39 Å². The van der Waals surface area contributed by atoms with Gasteiger partial charge in [-0.05, 0) is 13.0 Å². The van der Waals surface area contributed by atoms with Gasteiger partial charge in [-0.25, -0.2) is 0 Å². The predicted octanol–water partition coefficient (Wildman–Crippen LogP) is 2.18. The van der Waals surface area contributed by atoms with E-state index in [9.17, 15) is 14.5 Å². The number of rotatable bonds is 1. The van der Waals surface area contributed by atoms with Gasteiger partial charge in [-0.15, -0.1) is 0 Å². The standard InChI is InChI=1S/C8H5FN2O3/c1-4-5-2-6(9)7(11(12)13)3-8(5)14-10-4/h2-3H,1H3. The molecule has 5 nitrogen and oxygen atoms in total. The van der Waals surface area contributed by atoms with E-state index in [0.29, 0.717) is 11.1 Å². The highest BCUT2D eigenvalue weighted by Gasteiger charge is 2.18. The molecule has 2 aromatic rings. The molecule has 1 heterocycles. The van der Waals surface area contributed by atoms with E-state index in [1.807, 2.05) is 0 Å². The van der Waals surface area contributed by atoms with Gasteiger partial charge in [0.2, 0.25) is 5.82 Å². The van der Waals surface area contributed by atoms with Crippen molar-refractivity contribution in [1.29, 1.82) is 0 Å². The maximum atomic E-state index is 13.1. The topological polar surface area (TPSA) is 69.2 Å². The lowest BCUT2D eigenvalue weighted by molar-refractivity contribution is -0.387. The molecule has 1 aromatic carbocycles. The fourth-order valence-corrected chi connectivity index (χ4v) is 1.21. The third-order valence-corrected chi connectivity index (χ3v) is 1.92. The molecule has 1 aromatic heterocycles. The van der Waals surface area contributed by atoms with Crippen molar-refractivity contribution in [2.45, 2.75) is 6.92 Å². The van der Waals surface area contributed by atoms with Crippen molar-refractivity contribution in [3.05, 3.63) is 33.8 Å². The molecular weight excluding hydrogens is 191 g/mol. The molecule has 0 saturated heterocycles. The van der Waals surface area contributed by atoms with Gasteiger partial charge in [-0.3, -0.25) is 10.1 Å². The Kier molecular flexibility index (Phi) is 1.70. The van der Waals surface area contributed by atoms with Crippen molar-refractivity contribution in [3.63, 3.8) is 0 Å². The maximum Gasteiger partial charge on any atom is 0.308 e. The third-order valence-electron chi connectivity index (χ3n) is 1.92. The maximum absolute atomic E-state index is 13.1. The van der Waals surface area contributed by atoms with Gasteiger partial charge in [-0.1, -0.05) is 5.16 Å². The summed E-state index contributed by atoms with van der Waals surface area (Å²) in [5, 5.41) is 14.4. The van der Waals surface area contributed by atoms with Crippen LogP contribution in [0.2, 0.25) is 0 Å². The largest absolute Gasteiger partial charge is 0.356 e. The Morgan fingerprint density at radius 2 is 2.29 bits per heavy atom. The summed E-state index contributed by atoms with van der Waals surface area (Å²) in [6, 6.07) is 2.09. The quantitative estimate of drug-likeness (QED) is 0.517. The number of hydrogen-bond donors (Lipinski definition) is 0. The van der Waals surface area contributed by atoms with Gasteiger partial charge in [-0.2, -0.15) is 4.39 Å². The Morgan fingerprint density at radius 1 is 1.57 bits per heavy atom. The Balaban J connectivity index is 2.79. The van der Waals surface area contributed by atoms with Crippen molar-refractivity contribution < 1.29 is 13.8 Å². The van der Waals surface area contributed by atoms with Crippen LogP contribution in [-0.2, 0) is 0 Å². The molecular formula is C8H5FN2O3. The van der Waals surface area contributed by atoms with Crippen molar-refractivity contribution >= 4 is 16.7 Å². The molecule has 0 aliphatic carbocycles. The predicted molar refractivity (Wildman–Crippen MR) is 45.4 cm³/mol. The van der Waals surface area contributed by atoms with Crippen molar-refractivity contribution in [2.75, 3.05) is 0 Å². The number of benzene rings is 1. The van der Waals surface area contributed by atoms with Crippen molar-refractivity contribution in [2.24, 2.45) is 0 Å². The lowest BCUT2D eigenvalue weighted by Gasteiger charge is -1.92. The average Bonchev–Trinajstić information content (AvgIpc) is 2.46. The molecule has 0 amide bonds. The van der Waals surface area contributed by atoms with Crippen LogP contribution in [0.15, 0.2) is 16.7 Å². The van der Waals surface area contributed by atoms with E-state index in [1.165, 1.54) is 0 Å². The molecule has 6 heteroatoms. The molecule has 14 heavy (non-hydrogen) atoms. The van der Waals surface area contributed by atoms with Crippen LogP contribution in [-0.4, -0.2) is 10.1 Å². The second kappa shape index (κ2) is 2.76. The summed E-state index contributed by atoms with van der Waals surface area (Å²) in [5.41, 5.74) is 0.123. The number of nitro groups is 1. The van der Waals surface area contributed by atoms with Crippen LogP contribution in [0, 0.1) is 22.9 Å². The van der Waals surface area contributed by atoms with Crippen LogP contribution in [0.1, 0.15) is 5.69 Å². The summed E-state index contributed by atoms with van der Waals surface area (Å²) in [4.78, 5) is 9.58. The summed E-state index contributed by atoms with van der Waals surface area (Å²) in [5.74, 6) is -0.881. The summed E-state index contributed by atoms with van der Waals surface area (Å²) in [6.07, 6.45) is 0. The SMILES string of the molecule is Cc1noc2cc([N+](=O)[O-])c(F)cc12. The zero-order valence-electron chi connectivity index (χ0n) is 7.15. The van der Waals surface area contributed by atoms with E-state index >= 15 is 0 Å². The molecule has 0 radical (unpaired) electrons. The fraction of sp³-hybridized carbons (Fsp3) is 0.125. The van der Waals surface area contributed by atoms with E-state index in [-0.39, 0.29) is 5.58 Å². The molecule has 0 saturated carbocycles. The molecule has 0 bridgehead atoms. The van der Waals surface area contributed by atoms with Crippen LogP contribution in [0.5, 0.6) is 0 Å². The molecule has 0 N–H and O–H groups in total. The highest BCUT2D eigenvalue weighted by atomic mass is 19.1. The molecule has 0 atom stereocenters. The van der Waals surface area contributed by atoms with Crippen molar-refractivity contribution in [1.82, 2.24) is 5.16 Å². The Bertz CT molecular complexity index is 521. The minimum Gasteiger partial charge on any atom is -0.356 e. The number of nitrogens with zero attached hydrogens (tertiary/aromatic N) is 2. The van der Waals surface area contributed by atoms with Gasteiger partial charge < -0.3 is 4.52 Å². The van der Waals surface area contributed by atoms with Crippen molar-refractivity contribution in [3.8, 4) is 0 Å². The van der Waals surface area contributed by atoms with Gasteiger partial charge in [0.1, 0.15) is 0 Å². The fourth-order valence-electron chi connectivity index (χ4n) is 1.21. The first-order valence-electron chi connectivity index (χ1n) is 3.79. The first-order chi connectivity index (χ1) is 6.59. The van der Waals surface area contributed by atoms with E-state index in [2.05, 4.69) is 5.16 Å². The molecule has 72 valence electrons. The van der Waals surface area contributed by atoms with E-state index in [4.69, 9.17) is 4.52 Å². The summed E-state index contributed by atoms with van der Waals surface area (Å²) < 4.78 is 17.9. The number of nitro benzene ring substituents is 1. The molecule has 0 aliphatic rings. The first-order valence-corrected chi connectivity index (χ1v) is 3.79. The summed E-state index contributed by atoms with van der Waals surface area (Å²) >= 11 is 0. The molecule has 0 unspecified atom stereocenters. The number of fused-ring (bicyclic) bond motifs is 1. The molecule has 2 rings (SSSR count). The second-order valence-electron chi connectivity index (χ2n) is 2.82. The van der Waals surface area contributed by atoms with Gasteiger partial charge in [0.15, 0.2) is 5.58 Å². The van der Waals surface area contributed by atoms with Gasteiger partial charge in [0.25, 0.3) is 0 Å². The monoisotopic (exact) mass is 196 g/mol. The minimum atomic E-state index is -0.881. The van der Waals surface area contributed by atoms with Crippen LogP contribution < -0.4 is 0 Å². The number of aryl methyl sites for hydroxylation is 1. The zero-order valence-corrected chi connectivity index (χ0v) is 7.15. The lowest BCUT2D eigenvalue weighted by atomic mass is 10.2. The highest BCUT2D eigenvalue weighted by molar-refractivity contribution is 5.81. The molecule has 0 spiro atoms. The number of aromatic nitrogens is 1. The Morgan fingerprint density at radius 3 is 2.93 bits per heavy atom. The average molecular weight is 196 g/mol. The van der Waals surface area contributed by atoms with Gasteiger partial charge >= 0.3 is 5.69 Å². The Labute approximate surface area is 77.3 Å². The smallest absolute Gasteiger partial charge is 0.308 e. The minimum absolute atomic E-state index is 0.218. The third kappa shape index (κ3) is 1.12.